The molecule has 2 aromatic carbocycles. The van der Waals surface area contributed by atoms with Gasteiger partial charge < -0.3 is 14.3 Å². The summed E-state index contributed by atoms with van der Waals surface area (Å²) in [5.74, 6) is 1.30. The van der Waals surface area contributed by atoms with Crippen molar-refractivity contribution in [1.29, 1.82) is 0 Å². The highest BCUT2D eigenvalue weighted by Crippen LogP contribution is 2.31. The molecule has 0 unspecified atom stereocenters. The van der Waals surface area contributed by atoms with Crippen LogP contribution in [0.2, 0.25) is 5.02 Å². The zero-order valence-corrected chi connectivity index (χ0v) is 14.4. The van der Waals surface area contributed by atoms with Crippen molar-refractivity contribution in [1.82, 2.24) is 4.98 Å². The Hall–Kier alpha value is -2.79. The molecular formula is C19H17ClN2O3. The molecule has 0 saturated carbocycles. The van der Waals surface area contributed by atoms with Crippen LogP contribution >= 0.6 is 11.6 Å². The van der Waals surface area contributed by atoms with E-state index in [9.17, 15) is 0 Å². The Morgan fingerprint density at radius 2 is 1.88 bits per heavy atom. The van der Waals surface area contributed by atoms with E-state index in [1.54, 1.807) is 12.3 Å². The van der Waals surface area contributed by atoms with Gasteiger partial charge in [-0.2, -0.15) is 0 Å². The average molecular weight is 357 g/mol. The Morgan fingerprint density at radius 3 is 2.64 bits per heavy atom. The summed E-state index contributed by atoms with van der Waals surface area (Å²) in [5.41, 5.74) is 0.942. The monoisotopic (exact) mass is 356 g/mol. The lowest BCUT2D eigenvalue weighted by atomic mass is 10.1. The molecule has 1 heterocycles. The summed E-state index contributed by atoms with van der Waals surface area (Å²) in [7, 11) is 1.48. The van der Waals surface area contributed by atoms with E-state index >= 15 is 0 Å². The zero-order chi connectivity index (χ0) is 17.5. The number of hydrogen-bond acceptors (Lipinski definition) is 5. The lowest BCUT2D eigenvalue weighted by molar-refractivity contribution is 0.212. The van der Waals surface area contributed by atoms with Crippen molar-refractivity contribution in [3.63, 3.8) is 0 Å². The Kier molecular flexibility index (Phi) is 5.69. The van der Waals surface area contributed by atoms with Crippen molar-refractivity contribution in [3.8, 4) is 11.6 Å². The minimum atomic E-state index is 0.299. The van der Waals surface area contributed by atoms with Gasteiger partial charge in [-0.15, -0.1) is 0 Å². The predicted molar refractivity (Wildman–Crippen MR) is 98.5 cm³/mol. The number of aromatic nitrogens is 1. The van der Waals surface area contributed by atoms with Crippen molar-refractivity contribution in [2.75, 3.05) is 13.7 Å². The van der Waals surface area contributed by atoms with Crippen molar-refractivity contribution >= 4 is 28.6 Å². The molecule has 5 nitrogen and oxygen atoms in total. The molecule has 3 rings (SSSR count). The number of fused-ring (bicyclic) bond motifs is 1. The third kappa shape index (κ3) is 4.39. The smallest absolute Gasteiger partial charge is 0.213 e. The van der Waals surface area contributed by atoms with Crippen molar-refractivity contribution in [2.24, 2.45) is 5.16 Å². The molecule has 0 amide bonds. The Labute approximate surface area is 150 Å². The standard InChI is InChI=1S/C19H17ClN2O3/c1-23-22-10-11-24-19-9-6-14(12-21-19)13-25-18-8-7-17(20)15-4-2-3-5-16(15)18/h2-10,12H,11,13H2,1H3. The van der Waals surface area contributed by atoms with Gasteiger partial charge in [0.2, 0.25) is 5.88 Å². The van der Waals surface area contributed by atoms with Gasteiger partial charge in [0.15, 0.2) is 0 Å². The molecule has 0 aliphatic rings. The minimum Gasteiger partial charge on any atom is -0.488 e. The number of pyridine rings is 1. The molecule has 1 aromatic heterocycles. The predicted octanol–water partition coefficient (Wildman–Crippen LogP) is 4.48. The summed E-state index contributed by atoms with van der Waals surface area (Å²) in [6.45, 7) is 0.706. The number of halogens is 1. The van der Waals surface area contributed by atoms with Crippen LogP contribution in [0, 0.1) is 0 Å². The molecule has 0 radical (unpaired) electrons. The lowest BCUT2D eigenvalue weighted by Crippen LogP contribution is -2.01. The maximum absolute atomic E-state index is 6.23. The lowest BCUT2D eigenvalue weighted by Gasteiger charge is -2.10. The summed E-state index contributed by atoms with van der Waals surface area (Å²) in [5, 5.41) is 6.26. The Morgan fingerprint density at radius 1 is 1.04 bits per heavy atom. The Bertz CT molecular complexity index is 866. The van der Waals surface area contributed by atoms with E-state index in [1.807, 2.05) is 42.5 Å². The second-order valence-corrected chi connectivity index (χ2v) is 5.57. The van der Waals surface area contributed by atoms with Gasteiger partial charge in [0.1, 0.15) is 26.1 Å². The molecule has 0 saturated heterocycles. The van der Waals surface area contributed by atoms with Crippen molar-refractivity contribution < 1.29 is 14.3 Å². The highest BCUT2D eigenvalue weighted by atomic mass is 35.5. The number of rotatable bonds is 7. The van der Waals surface area contributed by atoms with Crippen molar-refractivity contribution in [2.45, 2.75) is 6.61 Å². The van der Waals surface area contributed by atoms with E-state index < -0.39 is 0 Å². The van der Waals surface area contributed by atoms with E-state index in [1.165, 1.54) is 13.3 Å². The molecule has 0 fully saturated rings. The molecule has 25 heavy (non-hydrogen) atoms. The van der Waals surface area contributed by atoms with E-state index in [2.05, 4.69) is 15.0 Å². The van der Waals surface area contributed by atoms with Gasteiger partial charge in [-0.3, -0.25) is 0 Å². The third-order valence-corrected chi connectivity index (χ3v) is 3.84. The van der Waals surface area contributed by atoms with Gasteiger partial charge in [0, 0.05) is 33.6 Å². The summed E-state index contributed by atoms with van der Waals surface area (Å²) in [4.78, 5) is 8.79. The van der Waals surface area contributed by atoms with Gasteiger partial charge >= 0.3 is 0 Å². The molecular weight excluding hydrogens is 340 g/mol. The van der Waals surface area contributed by atoms with Crippen LogP contribution in [0.3, 0.4) is 0 Å². The highest BCUT2D eigenvalue weighted by molar-refractivity contribution is 6.35. The number of ether oxygens (including phenoxy) is 2. The van der Waals surface area contributed by atoms with E-state index in [4.69, 9.17) is 21.1 Å². The number of benzene rings is 2. The van der Waals surface area contributed by atoms with Gasteiger partial charge in [-0.25, -0.2) is 4.98 Å². The zero-order valence-electron chi connectivity index (χ0n) is 13.7. The molecule has 0 aliphatic carbocycles. The van der Waals surface area contributed by atoms with Gasteiger partial charge in [-0.05, 0) is 18.2 Å². The van der Waals surface area contributed by atoms with E-state index in [0.717, 1.165) is 22.1 Å². The molecule has 0 atom stereocenters. The van der Waals surface area contributed by atoms with Crippen LogP contribution in [-0.4, -0.2) is 24.9 Å². The Balaban J connectivity index is 1.64. The molecule has 3 aromatic rings. The molecule has 0 N–H and O–H groups in total. The first kappa shape index (κ1) is 17.0. The maximum atomic E-state index is 6.23. The van der Waals surface area contributed by atoms with Crippen LogP contribution in [0.1, 0.15) is 5.56 Å². The van der Waals surface area contributed by atoms with Gasteiger partial charge in [0.25, 0.3) is 0 Å². The molecule has 0 spiro atoms. The summed E-state index contributed by atoms with van der Waals surface area (Å²) in [6.07, 6.45) is 3.24. The van der Waals surface area contributed by atoms with Crippen LogP contribution in [0.25, 0.3) is 10.8 Å². The first-order valence-electron chi connectivity index (χ1n) is 7.70. The maximum Gasteiger partial charge on any atom is 0.213 e. The quantitative estimate of drug-likeness (QED) is 0.462. The van der Waals surface area contributed by atoms with Crippen molar-refractivity contribution in [3.05, 3.63) is 65.3 Å². The molecule has 6 heteroatoms. The summed E-state index contributed by atoms with van der Waals surface area (Å²) >= 11 is 6.23. The fourth-order valence-electron chi connectivity index (χ4n) is 2.33. The number of nitrogens with zero attached hydrogens (tertiary/aromatic N) is 2. The highest BCUT2D eigenvalue weighted by Gasteiger charge is 2.06. The first-order chi connectivity index (χ1) is 12.3. The number of hydrogen-bond donors (Lipinski definition) is 0. The second kappa shape index (κ2) is 8.35. The minimum absolute atomic E-state index is 0.299. The SMILES string of the molecule is CON=CCOc1ccc(COc2ccc(Cl)c3ccccc23)cn1. The first-order valence-corrected chi connectivity index (χ1v) is 8.08. The normalized spacial score (nSPS) is 11.0. The van der Waals surface area contributed by atoms with E-state index in [0.29, 0.717) is 24.1 Å². The van der Waals surface area contributed by atoms with Crippen LogP contribution in [-0.2, 0) is 11.4 Å². The largest absolute Gasteiger partial charge is 0.488 e. The average Bonchev–Trinajstić information content (AvgIpc) is 2.66. The molecule has 128 valence electrons. The van der Waals surface area contributed by atoms with Crippen LogP contribution in [0.5, 0.6) is 11.6 Å². The third-order valence-electron chi connectivity index (χ3n) is 3.51. The van der Waals surface area contributed by atoms with E-state index in [-0.39, 0.29) is 0 Å². The molecule has 0 aliphatic heterocycles. The van der Waals surface area contributed by atoms with Gasteiger partial charge in [-0.1, -0.05) is 41.0 Å². The summed E-state index contributed by atoms with van der Waals surface area (Å²) in [6, 6.07) is 15.3. The fraction of sp³-hybridized carbons (Fsp3) is 0.158. The second-order valence-electron chi connectivity index (χ2n) is 5.17. The van der Waals surface area contributed by atoms with Crippen LogP contribution < -0.4 is 9.47 Å². The molecule has 0 bridgehead atoms. The topological polar surface area (TPSA) is 52.9 Å². The number of oxime groups is 1. The fourth-order valence-corrected chi connectivity index (χ4v) is 2.56. The van der Waals surface area contributed by atoms with Gasteiger partial charge in [0.05, 0.1) is 6.21 Å². The van der Waals surface area contributed by atoms with Crippen LogP contribution in [0.15, 0.2) is 59.9 Å². The van der Waals surface area contributed by atoms with Crippen LogP contribution in [0.4, 0.5) is 0 Å². The summed E-state index contributed by atoms with van der Waals surface area (Å²) < 4.78 is 11.3.